The monoisotopic (exact) mass is 433 g/mol. The van der Waals surface area contributed by atoms with Crippen LogP contribution in [0.2, 0.25) is 0 Å². The van der Waals surface area contributed by atoms with E-state index >= 15 is 0 Å². The Kier molecular flexibility index (Phi) is 7.94. The van der Waals surface area contributed by atoms with E-state index in [2.05, 4.69) is 22.3 Å². The number of hydrogen-bond donors (Lipinski definition) is 3. The van der Waals surface area contributed by atoms with Crippen LogP contribution in [0.5, 0.6) is 11.5 Å². The number of piperidine rings is 1. The molecule has 0 radical (unpaired) electrons. The van der Waals surface area contributed by atoms with E-state index in [1.807, 2.05) is 0 Å². The SMILES string of the molecule is CC(NS(=O)(=O)c1ccc2c(c1)OCCCO2)C(=O)NC1CCNCC1C.Cl. The molecule has 3 atom stereocenters. The predicted molar refractivity (Wildman–Crippen MR) is 108 cm³/mol. The molecule has 158 valence electrons. The fourth-order valence-corrected chi connectivity index (χ4v) is 4.42. The van der Waals surface area contributed by atoms with Crippen molar-refractivity contribution in [1.82, 2.24) is 15.4 Å². The van der Waals surface area contributed by atoms with Gasteiger partial charge in [0.25, 0.3) is 0 Å². The van der Waals surface area contributed by atoms with Crippen LogP contribution in [0.15, 0.2) is 23.1 Å². The predicted octanol–water partition coefficient (Wildman–Crippen LogP) is 1.05. The van der Waals surface area contributed by atoms with Crippen LogP contribution in [0.4, 0.5) is 0 Å². The van der Waals surface area contributed by atoms with Gasteiger partial charge in [0.2, 0.25) is 15.9 Å². The van der Waals surface area contributed by atoms with E-state index in [0.29, 0.717) is 30.6 Å². The Bertz CT molecular complexity index is 789. The van der Waals surface area contributed by atoms with Gasteiger partial charge >= 0.3 is 0 Å². The summed E-state index contributed by atoms with van der Waals surface area (Å²) in [5, 5.41) is 6.22. The average Bonchev–Trinajstić information content (AvgIpc) is 2.88. The zero-order valence-electron chi connectivity index (χ0n) is 16.1. The Morgan fingerprint density at radius 2 is 1.96 bits per heavy atom. The van der Waals surface area contributed by atoms with Gasteiger partial charge in [0.05, 0.1) is 24.2 Å². The minimum Gasteiger partial charge on any atom is -0.490 e. The molecule has 1 fully saturated rings. The van der Waals surface area contributed by atoms with Gasteiger partial charge in [-0.25, -0.2) is 8.42 Å². The number of amides is 1. The molecular weight excluding hydrogens is 406 g/mol. The van der Waals surface area contributed by atoms with Gasteiger partial charge in [-0.15, -0.1) is 12.4 Å². The minimum atomic E-state index is -3.86. The minimum absolute atomic E-state index is 0. The molecule has 2 aliphatic rings. The van der Waals surface area contributed by atoms with Gasteiger partial charge in [-0.05, 0) is 44.5 Å². The lowest BCUT2D eigenvalue weighted by atomic mass is 9.95. The van der Waals surface area contributed by atoms with Crippen molar-refractivity contribution in [2.45, 2.75) is 43.7 Å². The lowest BCUT2D eigenvalue weighted by Crippen LogP contribution is -2.53. The summed E-state index contributed by atoms with van der Waals surface area (Å²) in [6.45, 7) is 6.28. The van der Waals surface area contributed by atoms with Crippen molar-refractivity contribution in [2.24, 2.45) is 5.92 Å². The van der Waals surface area contributed by atoms with Crippen LogP contribution in [0, 0.1) is 5.92 Å². The summed E-state index contributed by atoms with van der Waals surface area (Å²) < 4.78 is 38.9. The number of carbonyl (C=O) groups is 1. The lowest BCUT2D eigenvalue weighted by molar-refractivity contribution is -0.123. The van der Waals surface area contributed by atoms with Gasteiger partial charge in [0.1, 0.15) is 0 Å². The van der Waals surface area contributed by atoms with Crippen LogP contribution in [-0.2, 0) is 14.8 Å². The Morgan fingerprint density at radius 3 is 2.68 bits per heavy atom. The maximum Gasteiger partial charge on any atom is 0.241 e. The first-order valence-electron chi connectivity index (χ1n) is 9.30. The summed E-state index contributed by atoms with van der Waals surface area (Å²) >= 11 is 0. The van der Waals surface area contributed by atoms with Gasteiger partial charge in [0, 0.05) is 18.5 Å². The van der Waals surface area contributed by atoms with Crippen LogP contribution in [0.25, 0.3) is 0 Å². The molecule has 0 spiro atoms. The Hall–Kier alpha value is -1.55. The first kappa shape index (κ1) is 22.7. The van der Waals surface area contributed by atoms with Crippen molar-refractivity contribution in [3.63, 3.8) is 0 Å². The number of carbonyl (C=O) groups excluding carboxylic acids is 1. The summed E-state index contributed by atoms with van der Waals surface area (Å²) in [7, 11) is -3.86. The van der Waals surface area contributed by atoms with Crippen molar-refractivity contribution in [3.05, 3.63) is 18.2 Å². The van der Waals surface area contributed by atoms with E-state index in [9.17, 15) is 13.2 Å². The standard InChI is InChI=1S/C18H27N3O5S.ClH/c1-12-11-19-7-6-15(12)20-18(22)13(2)21-27(23,24)14-4-5-16-17(10-14)26-9-3-8-25-16;/h4-5,10,12-13,15,19,21H,3,6-9,11H2,1-2H3,(H,20,22);1H. The fraction of sp³-hybridized carbons (Fsp3) is 0.611. The maximum absolute atomic E-state index is 12.7. The van der Waals surface area contributed by atoms with E-state index in [-0.39, 0.29) is 29.3 Å². The molecule has 0 aliphatic carbocycles. The molecule has 2 heterocycles. The third-order valence-electron chi connectivity index (χ3n) is 4.87. The lowest BCUT2D eigenvalue weighted by Gasteiger charge is -2.31. The molecule has 3 unspecified atom stereocenters. The fourth-order valence-electron chi connectivity index (χ4n) is 3.20. The number of benzene rings is 1. The molecular formula is C18H28ClN3O5S. The molecule has 0 aromatic heterocycles. The molecule has 1 aromatic carbocycles. The van der Waals surface area contributed by atoms with Crippen LogP contribution in [0.1, 0.15) is 26.7 Å². The number of halogens is 1. The van der Waals surface area contributed by atoms with Crippen molar-refractivity contribution < 1.29 is 22.7 Å². The summed E-state index contributed by atoms with van der Waals surface area (Å²) in [5.41, 5.74) is 0. The maximum atomic E-state index is 12.7. The molecule has 10 heteroatoms. The summed E-state index contributed by atoms with van der Waals surface area (Å²) in [4.78, 5) is 12.5. The second-order valence-electron chi connectivity index (χ2n) is 7.09. The van der Waals surface area contributed by atoms with Gasteiger partial charge in [0.15, 0.2) is 11.5 Å². The summed E-state index contributed by atoms with van der Waals surface area (Å²) in [6, 6.07) is 3.63. The van der Waals surface area contributed by atoms with Crippen molar-refractivity contribution in [2.75, 3.05) is 26.3 Å². The molecule has 1 amide bonds. The topological polar surface area (TPSA) is 106 Å². The van der Waals surface area contributed by atoms with Gasteiger partial charge < -0.3 is 20.1 Å². The van der Waals surface area contributed by atoms with Gasteiger partial charge in [-0.3, -0.25) is 4.79 Å². The van der Waals surface area contributed by atoms with E-state index < -0.39 is 16.1 Å². The third-order valence-corrected chi connectivity index (χ3v) is 6.41. The summed E-state index contributed by atoms with van der Waals surface area (Å²) in [5.74, 6) is 0.896. The van der Waals surface area contributed by atoms with Crippen molar-refractivity contribution in [3.8, 4) is 11.5 Å². The molecule has 8 nitrogen and oxygen atoms in total. The van der Waals surface area contributed by atoms with E-state index in [4.69, 9.17) is 9.47 Å². The van der Waals surface area contributed by atoms with Crippen molar-refractivity contribution in [1.29, 1.82) is 0 Å². The van der Waals surface area contributed by atoms with Crippen LogP contribution in [-0.4, -0.2) is 52.7 Å². The van der Waals surface area contributed by atoms with E-state index in [1.54, 1.807) is 13.0 Å². The Morgan fingerprint density at radius 1 is 1.25 bits per heavy atom. The van der Waals surface area contributed by atoms with Crippen LogP contribution in [0.3, 0.4) is 0 Å². The molecule has 28 heavy (non-hydrogen) atoms. The van der Waals surface area contributed by atoms with Crippen LogP contribution < -0.4 is 24.8 Å². The highest BCUT2D eigenvalue weighted by Crippen LogP contribution is 2.31. The highest BCUT2D eigenvalue weighted by Gasteiger charge is 2.28. The number of fused-ring (bicyclic) bond motifs is 1. The first-order valence-corrected chi connectivity index (χ1v) is 10.8. The second-order valence-corrected chi connectivity index (χ2v) is 8.80. The number of hydrogen-bond acceptors (Lipinski definition) is 6. The third kappa shape index (κ3) is 5.50. The first-order chi connectivity index (χ1) is 12.9. The number of rotatable bonds is 5. The molecule has 3 N–H and O–H groups in total. The second kappa shape index (κ2) is 9.78. The van der Waals surface area contributed by atoms with Gasteiger partial charge in [-0.1, -0.05) is 6.92 Å². The zero-order valence-corrected chi connectivity index (χ0v) is 17.7. The summed E-state index contributed by atoms with van der Waals surface area (Å²) in [6.07, 6.45) is 1.57. The number of sulfonamides is 1. The highest BCUT2D eigenvalue weighted by molar-refractivity contribution is 7.89. The zero-order chi connectivity index (χ0) is 19.4. The Labute approximate surface area is 172 Å². The van der Waals surface area contributed by atoms with E-state index in [1.165, 1.54) is 12.1 Å². The highest BCUT2D eigenvalue weighted by atomic mass is 35.5. The molecule has 1 aromatic rings. The molecule has 1 saturated heterocycles. The van der Waals surface area contributed by atoms with Crippen LogP contribution >= 0.6 is 12.4 Å². The molecule has 3 rings (SSSR count). The largest absolute Gasteiger partial charge is 0.490 e. The molecule has 0 bridgehead atoms. The van der Waals surface area contributed by atoms with Crippen molar-refractivity contribution >= 4 is 28.3 Å². The normalized spacial score (nSPS) is 23.1. The smallest absolute Gasteiger partial charge is 0.241 e. The number of nitrogens with one attached hydrogen (secondary N) is 3. The average molecular weight is 434 g/mol. The molecule has 2 aliphatic heterocycles. The van der Waals surface area contributed by atoms with Gasteiger partial charge in [-0.2, -0.15) is 4.72 Å². The van der Waals surface area contributed by atoms with E-state index in [0.717, 1.165) is 25.9 Å². The molecule has 0 saturated carbocycles. The Balaban J connectivity index is 0.00000280. The number of ether oxygens (including phenoxy) is 2. The quantitative estimate of drug-likeness (QED) is 0.641.